The molecular formula is C59H38N2. The Labute approximate surface area is 354 Å². The van der Waals surface area contributed by atoms with Crippen LogP contribution < -0.4 is 0 Å². The summed E-state index contributed by atoms with van der Waals surface area (Å²) in [5, 5.41) is 4.93. The second-order valence-electron chi connectivity index (χ2n) is 16.8. The van der Waals surface area contributed by atoms with Gasteiger partial charge in [-0.05, 0) is 149 Å². The van der Waals surface area contributed by atoms with Gasteiger partial charge in [-0.15, -0.1) is 0 Å². The number of rotatable bonds is 4. The highest BCUT2D eigenvalue weighted by Gasteiger charge is 2.42. The van der Waals surface area contributed by atoms with Crippen molar-refractivity contribution in [3.63, 3.8) is 0 Å². The number of imidazole rings is 1. The van der Waals surface area contributed by atoms with Gasteiger partial charge in [0.05, 0.1) is 11.0 Å². The molecule has 0 saturated carbocycles. The zero-order chi connectivity index (χ0) is 40.2. The third-order valence-corrected chi connectivity index (χ3v) is 13.6. The molecule has 0 saturated heterocycles. The Balaban J connectivity index is 1.24. The summed E-state index contributed by atoms with van der Waals surface area (Å²) in [6.07, 6.45) is 0. The van der Waals surface area contributed by atoms with Gasteiger partial charge in [0.15, 0.2) is 0 Å². The summed E-state index contributed by atoms with van der Waals surface area (Å²) in [5.41, 5.74) is 20.3. The number of fused-ring (bicyclic) bond motifs is 12. The molecular weight excluding hydrogens is 737 g/mol. The van der Waals surface area contributed by atoms with Gasteiger partial charge in [-0.1, -0.05) is 164 Å². The maximum absolute atomic E-state index is 5.38. The molecule has 0 fully saturated rings. The molecule has 0 N–H and O–H groups in total. The van der Waals surface area contributed by atoms with Crippen LogP contribution in [0.1, 0.15) is 23.6 Å². The van der Waals surface area contributed by atoms with E-state index in [9.17, 15) is 0 Å². The second kappa shape index (κ2) is 12.8. The Morgan fingerprint density at radius 3 is 1.75 bits per heavy atom. The minimum absolute atomic E-state index is 0.348. The first-order valence-electron chi connectivity index (χ1n) is 21.2. The summed E-state index contributed by atoms with van der Waals surface area (Å²) in [6.45, 7) is 2.44. The van der Waals surface area contributed by atoms with Crippen LogP contribution in [0.3, 0.4) is 0 Å². The molecule has 1 aromatic heterocycles. The first-order valence-corrected chi connectivity index (χ1v) is 21.2. The van der Waals surface area contributed by atoms with Crippen molar-refractivity contribution in [1.29, 1.82) is 0 Å². The SMILES string of the molecule is CC12c3cccc(c3)-c3ccccc3-c3c4cc(-c5nc6ccccc6n5-c5ccccc5)ccc4c(-c4ccccc4-c4ccccc4)c4cc(c1cc34)-c1ccccc12. The lowest BCUT2D eigenvalue weighted by atomic mass is 9.71. The summed E-state index contributed by atoms with van der Waals surface area (Å²) in [4.78, 5) is 5.38. The maximum Gasteiger partial charge on any atom is 0.145 e. The van der Waals surface area contributed by atoms with E-state index in [1.54, 1.807) is 0 Å². The molecule has 2 heteroatoms. The number of benzene rings is 10. The number of hydrogen-bond donors (Lipinski definition) is 0. The molecule has 13 rings (SSSR count). The Kier molecular flexibility index (Phi) is 7.18. The fourth-order valence-electron chi connectivity index (χ4n) is 10.8. The summed E-state index contributed by atoms with van der Waals surface area (Å²) in [7, 11) is 0. The van der Waals surface area contributed by atoms with Crippen LogP contribution in [0.15, 0.2) is 212 Å². The lowest BCUT2D eigenvalue weighted by Gasteiger charge is -2.31. The van der Waals surface area contributed by atoms with Gasteiger partial charge >= 0.3 is 0 Å². The van der Waals surface area contributed by atoms with Crippen molar-refractivity contribution in [2.24, 2.45) is 0 Å². The van der Waals surface area contributed by atoms with Crippen LogP contribution in [0.2, 0.25) is 0 Å². The van der Waals surface area contributed by atoms with E-state index >= 15 is 0 Å². The number of hydrogen-bond acceptors (Lipinski definition) is 1. The molecule has 0 aliphatic heterocycles. The van der Waals surface area contributed by atoms with Crippen LogP contribution in [0.5, 0.6) is 0 Å². The molecule has 2 aliphatic rings. The standard InChI is InChI=1S/C59H38N2/c1-59-40-20-16-19-38(33-40)43-24-9-11-27-46(43)57-49-34-39(58-60-54-29-14-15-30-55(54)61(58)41-21-6-3-7-22-41)31-32-47(49)56(45-26-10-8-23-42(45)37-17-4-2-5-18-37)50-35-48(53(59)36-51(50)57)44-25-12-13-28-52(44)59/h2-36H,1H3. The second-order valence-corrected chi connectivity index (χ2v) is 16.8. The molecule has 4 bridgehead atoms. The molecule has 61 heavy (non-hydrogen) atoms. The van der Waals surface area contributed by atoms with Gasteiger partial charge in [0.1, 0.15) is 5.82 Å². The summed E-state index contributed by atoms with van der Waals surface area (Å²) in [6, 6.07) is 78.6. The molecule has 2 nitrogen and oxygen atoms in total. The van der Waals surface area contributed by atoms with E-state index in [2.05, 4.69) is 224 Å². The minimum Gasteiger partial charge on any atom is -0.292 e. The van der Waals surface area contributed by atoms with Crippen LogP contribution in [0.4, 0.5) is 0 Å². The van der Waals surface area contributed by atoms with E-state index in [-0.39, 0.29) is 5.41 Å². The van der Waals surface area contributed by atoms with Crippen molar-refractivity contribution in [3.8, 4) is 72.7 Å². The van der Waals surface area contributed by atoms with E-state index in [0.29, 0.717) is 0 Å². The minimum atomic E-state index is -0.348. The van der Waals surface area contributed by atoms with Crippen LogP contribution in [0.25, 0.3) is 105 Å². The van der Waals surface area contributed by atoms with Crippen molar-refractivity contribution >= 4 is 32.6 Å². The Hall–Kier alpha value is -7.81. The van der Waals surface area contributed by atoms with Crippen molar-refractivity contribution in [2.75, 3.05) is 0 Å². The lowest BCUT2D eigenvalue weighted by molar-refractivity contribution is 0.715. The Morgan fingerprint density at radius 1 is 0.377 bits per heavy atom. The molecule has 0 radical (unpaired) electrons. The summed E-state index contributed by atoms with van der Waals surface area (Å²) >= 11 is 0. The fraction of sp³-hybridized carbons (Fsp3) is 0.0339. The normalized spacial score (nSPS) is 14.7. The molecule has 1 unspecified atom stereocenters. The predicted molar refractivity (Wildman–Crippen MR) is 254 cm³/mol. The quantitative estimate of drug-likeness (QED) is 0.163. The molecule has 2 aliphatic carbocycles. The highest BCUT2D eigenvalue weighted by atomic mass is 15.1. The zero-order valence-corrected chi connectivity index (χ0v) is 33.6. The van der Waals surface area contributed by atoms with Crippen molar-refractivity contribution < 1.29 is 0 Å². The van der Waals surface area contributed by atoms with Gasteiger partial charge in [-0.2, -0.15) is 0 Å². The summed E-state index contributed by atoms with van der Waals surface area (Å²) in [5.74, 6) is 0.922. The fourth-order valence-corrected chi connectivity index (χ4v) is 10.8. The van der Waals surface area contributed by atoms with Crippen LogP contribution in [0, 0.1) is 0 Å². The molecule has 284 valence electrons. The molecule has 1 atom stereocenters. The maximum atomic E-state index is 5.38. The van der Waals surface area contributed by atoms with Gasteiger partial charge in [-0.3, -0.25) is 4.57 Å². The average Bonchev–Trinajstić information content (AvgIpc) is 3.84. The van der Waals surface area contributed by atoms with E-state index in [1.165, 1.54) is 93.9 Å². The topological polar surface area (TPSA) is 17.8 Å². The number of para-hydroxylation sites is 3. The van der Waals surface area contributed by atoms with Gasteiger partial charge < -0.3 is 0 Å². The largest absolute Gasteiger partial charge is 0.292 e. The Morgan fingerprint density at radius 2 is 0.967 bits per heavy atom. The van der Waals surface area contributed by atoms with Crippen LogP contribution in [-0.2, 0) is 5.41 Å². The van der Waals surface area contributed by atoms with Gasteiger partial charge in [0.2, 0.25) is 0 Å². The van der Waals surface area contributed by atoms with Crippen molar-refractivity contribution in [1.82, 2.24) is 9.55 Å². The van der Waals surface area contributed by atoms with E-state index in [1.807, 2.05) is 0 Å². The Bertz CT molecular complexity index is 3600. The van der Waals surface area contributed by atoms with Gasteiger partial charge in [0.25, 0.3) is 0 Å². The van der Waals surface area contributed by atoms with Crippen LogP contribution in [-0.4, -0.2) is 9.55 Å². The monoisotopic (exact) mass is 774 g/mol. The summed E-state index contributed by atoms with van der Waals surface area (Å²) < 4.78 is 2.32. The van der Waals surface area contributed by atoms with E-state index < -0.39 is 0 Å². The third-order valence-electron chi connectivity index (χ3n) is 13.6. The molecule has 11 aromatic rings. The van der Waals surface area contributed by atoms with Gasteiger partial charge in [0, 0.05) is 16.7 Å². The highest BCUT2D eigenvalue weighted by Crippen LogP contribution is 2.57. The van der Waals surface area contributed by atoms with Gasteiger partial charge in [-0.25, -0.2) is 4.98 Å². The van der Waals surface area contributed by atoms with E-state index in [4.69, 9.17) is 4.98 Å². The molecule has 0 amide bonds. The third kappa shape index (κ3) is 4.82. The zero-order valence-electron chi connectivity index (χ0n) is 33.6. The highest BCUT2D eigenvalue weighted by molar-refractivity contribution is 6.25. The number of nitrogens with zero attached hydrogens (tertiary/aromatic N) is 2. The van der Waals surface area contributed by atoms with Crippen LogP contribution >= 0.6 is 0 Å². The predicted octanol–water partition coefficient (Wildman–Crippen LogP) is 15.3. The molecule has 10 aromatic carbocycles. The smallest absolute Gasteiger partial charge is 0.145 e. The first kappa shape index (κ1) is 34.1. The molecule has 0 spiro atoms. The van der Waals surface area contributed by atoms with Crippen molar-refractivity contribution in [2.45, 2.75) is 12.3 Å². The first-order chi connectivity index (χ1) is 30.1. The average molecular weight is 775 g/mol. The molecule has 1 heterocycles. The van der Waals surface area contributed by atoms with Crippen molar-refractivity contribution in [3.05, 3.63) is 229 Å². The van der Waals surface area contributed by atoms with E-state index in [0.717, 1.165) is 28.1 Å². The number of aromatic nitrogens is 2. The lowest BCUT2D eigenvalue weighted by Crippen LogP contribution is -2.22.